The number of aromatic nitrogens is 1. The first kappa shape index (κ1) is 21.9. The van der Waals surface area contributed by atoms with Gasteiger partial charge < -0.3 is 9.47 Å². The lowest BCUT2D eigenvalue weighted by atomic mass is 9.97. The van der Waals surface area contributed by atoms with Crippen molar-refractivity contribution in [2.45, 2.75) is 51.2 Å². The molecule has 2 aliphatic carbocycles. The molecule has 31 heavy (non-hydrogen) atoms. The van der Waals surface area contributed by atoms with Crippen molar-refractivity contribution in [2.75, 3.05) is 32.7 Å². The van der Waals surface area contributed by atoms with Gasteiger partial charge in [-0.15, -0.1) is 0 Å². The van der Waals surface area contributed by atoms with Gasteiger partial charge in [0.2, 0.25) is 0 Å². The molecule has 0 aromatic carbocycles. The first-order valence-corrected chi connectivity index (χ1v) is 11.2. The number of piperazine rings is 1. The van der Waals surface area contributed by atoms with Crippen molar-refractivity contribution < 1.29 is 18.0 Å². The number of unbranched alkanes of at least 4 members (excludes halogenated alkanes) is 1. The standard InChI is InChI=1S/C24H30F3N3O/c25-24(26,27)19-5-3-6-20(10-9-19)29-17-15-28(16-18-29)12-1-2-13-30-14-11-21-22(30)7-4-8-23(21)31/h3,5-6,9,11,14H,1-2,4,7-8,10,12-13,15-18H2. The van der Waals surface area contributed by atoms with E-state index in [4.69, 9.17) is 0 Å². The number of Topliss-reactive ketones (excluding diaryl/α,β-unsaturated/α-hetero) is 1. The van der Waals surface area contributed by atoms with E-state index in [1.807, 2.05) is 12.1 Å². The van der Waals surface area contributed by atoms with E-state index in [1.165, 1.54) is 17.8 Å². The van der Waals surface area contributed by atoms with Crippen LogP contribution in [0.2, 0.25) is 0 Å². The van der Waals surface area contributed by atoms with Crippen molar-refractivity contribution in [2.24, 2.45) is 0 Å². The number of halogens is 3. The van der Waals surface area contributed by atoms with Gasteiger partial charge in [0.05, 0.1) is 5.57 Å². The number of carbonyl (C=O) groups excluding carboxylic acids is 1. The third kappa shape index (κ3) is 5.32. The van der Waals surface area contributed by atoms with Crippen molar-refractivity contribution in [1.82, 2.24) is 14.4 Å². The summed E-state index contributed by atoms with van der Waals surface area (Å²) in [6, 6.07) is 1.97. The molecule has 0 spiro atoms. The van der Waals surface area contributed by atoms with Crippen LogP contribution in [0.5, 0.6) is 0 Å². The van der Waals surface area contributed by atoms with Gasteiger partial charge in [-0.25, -0.2) is 0 Å². The molecule has 3 aliphatic rings. The van der Waals surface area contributed by atoms with E-state index in [0.29, 0.717) is 12.8 Å². The summed E-state index contributed by atoms with van der Waals surface area (Å²) in [5.41, 5.74) is 2.52. The highest BCUT2D eigenvalue weighted by molar-refractivity contribution is 5.98. The SMILES string of the molecule is O=C1CCCc2c1ccn2CCCCN1CCN(C2=CC=CC(C(F)(F)F)=CC2)CC1. The van der Waals surface area contributed by atoms with Gasteiger partial charge in [-0.3, -0.25) is 9.69 Å². The molecule has 0 amide bonds. The second-order valence-electron chi connectivity index (χ2n) is 8.56. The van der Waals surface area contributed by atoms with Crippen LogP contribution in [-0.4, -0.2) is 59.1 Å². The van der Waals surface area contributed by atoms with Crippen molar-refractivity contribution in [1.29, 1.82) is 0 Å². The number of nitrogens with zero attached hydrogens (tertiary/aromatic N) is 3. The van der Waals surface area contributed by atoms with E-state index in [2.05, 4.69) is 20.6 Å². The zero-order valence-corrected chi connectivity index (χ0v) is 17.8. The second kappa shape index (κ2) is 9.47. The lowest BCUT2D eigenvalue weighted by Crippen LogP contribution is -2.46. The highest BCUT2D eigenvalue weighted by atomic mass is 19.4. The molecular formula is C24H30F3N3O. The van der Waals surface area contributed by atoms with Crippen molar-refractivity contribution in [3.63, 3.8) is 0 Å². The number of alkyl halides is 3. The van der Waals surface area contributed by atoms with E-state index in [0.717, 1.165) is 82.3 Å². The fourth-order valence-electron chi connectivity index (χ4n) is 4.73. The van der Waals surface area contributed by atoms with Gasteiger partial charge in [0.25, 0.3) is 0 Å². The molecule has 2 heterocycles. The number of hydrogen-bond donors (Lipinski definition) is 0. The fourth-order valence-corrected chi connectivity index (χ4v) is 4.73. The maximum atomic E-state index is 12.9. The lowest BCUT2D eigenvalue weighted by Gasteiger charge is -2.37. The van der Waals surface area contributed by atoms with Gasteiger partial charge in [0.15, 0.2) is 5.78 Å². The molecule has 168 valence electrons. The summed E-state index contributed by atoms with van der Waals surface area (Å²) >= 11 is 0. The Kier molecular flexibility index (Phi) is 6.70. The zero-order chi connectivity index (χ0) is 21.8. The first-order valence-electron chi connectivity index (χ1n) is 11.2. The number of fused-ring (bicyclic) bond motifs is 1. The van der Waals surface area contributed by atoms with E-state index in [-0.39, 0.29) is 5.78 Å². The topological polar surface area (TPSA) is 28.5 Å². The van der Waals surface area contributed by atoms with Crippen LogP contribution >= 0.6 is 0 Å². The smallest absolute Gasteiger partial charge is 0.372 e. The number of rotatable bonds is 6. The molecule has 0 radical (unpaired) electrons. The average Bonchev–Trinajstić information content (AvgIpc) is 2.99. The predicted octanol–water partition coefficient (Wildman–Crippen LogP) is 4.74. The van der Waals surface area contributed by atoms with Gasteiger partial charge in [-0.05, 0) is 44.4 Å². The number of ketones is 1. The van der Waals surface area contributed by atoms with E-state index >= 15 is 0 Å². The quantitative estimate of drug-likeness (QED) is 0.607. The third-order valence-electron chi connectivity index (χ3n) is 6.52. The van der Waals surface area contributed by atoms with Crippen LogP contribution in [0.4, 0.5) is 13.2 Å². The highest BCUT2D eigenvalue weighted by Gasteiger charge is 2.32. The molecule has 1 aromatic heterocycles. The predicted molar refractivity (Wildman–Crippen MR) is 115 cm³/mol. The summed E-state index contributed by atoms with van der Waals surface area (Å²) in [5.74, 6) is 0.280. The monoisotopic (exact) mass is 433 g/mol. The lowest BCUT2D eigenvalue weighted by molar-refractivity contribution is -0.0883. The van der Waals surface area contributed by atoms with Crippen LogP contribution in [-0.2, 0) is 13.0 Å². The normalized spacial score (nSPS) is 20.4. The van der Waals surface area contributed by atoms with Gasteiger partial charge >= 0.3 is 6.18 Å². The number of allylic oxidation sites excluding steroid dienone is 5. The Hall–Kier alpha value is -2.28. The highest BCUT2D eigenvalue weighted by Crippen LogP contribution is 2.30. The Balaban J connectivity index is 1.18. The Labute approximate surface area is 181 Å². The van der Waals surface area contributed by atoms with Crippen LogP contribution < -0.4 is 0 Å². The number of aryl methyl sites for hydroxylation is 1. The molecule has 0 atom stereocenters. The van der Waals surface area contributed by atoms with Crippen LogP contribution in [0.3, 0.4) is 0 Å². The summed E-state index contributed by atoms with van der Waals surface area (Å²) in [5, 5.41) is 0. The minimum Gasteiger partial charge on any atom is -0.372 e. The summed E-state index contributed by atoms with van der Waals surface area (Å²) in [7, 11) is 0. The molecule has 4 rings (SSSR count). The minimum atomic E-state index is -4.28. The largest absolute Gasteiger partial charge is 0.416 e. The average molecular weight is 434 g/mol. The molecule has 0 unspecified atom stereocenters. The first-order chi connectivity index (χ1) is 14.9. The molecule has 0 bridgehead atoms. The molecule has 1 fully saturated rings. The van der Waals surface area contributed by atoms with Crippen molar-refractivity contribution in [3.8, 4) is 0 Å². The van der Waals surface area contributed by atoms with Gasteiger partial charge in [0.1, 0.15) is 0 Å². The molecule has 4 nitrogen and oxygen atoms in total. The minimum absolute atomic E-state index is 0.280. The maximum absolute atomic E-state index is 12.9. The maximum Gasteiger partial charge on any atom is 0.416 e. The van der Waals surface area contributed by atoms with Crippen LogP contribution in [0, 0.1) is 0 Å². The summed E-state index contributed by atoms with van der Waals surface area (Å²) < 4.78 is 41.0. The molecule has 1 aromatic rings. The van der Waals surface area contributed by atoms with Gasteiger partial charge in [-0.1, -0.05) is 18.2 Å². The van der Waals surface area contributed by atoms with Crippen LogP contribution in [0.1, 0.15) is 48.2 Å². The van der Waals surface area contributed by atoms with Crippen LogP contribution in [0.15, 0.2) is 47.8 Å². The van der Waals surface area contributed by atoms with Gasteiger partial charge in [-0.2, -0.15) is 13.2 Å². The fraction of sp³-hybridized carbons (Fsp3) is 0.542. The molecule has 0 N–H and O–H groups in total. The zero-order valence-electron chi connectivity index (χ0n) is 17.8. The Bertz CT molecular complexity index is 886. The van der Waals surface area contributed by atoms with E-state index in [9.17, 15) is 18.0 Å². The molecule has 1 aliphatic heterocycles. The van der Waals surface area contributed by atoms with Crippen LogP contribution in [0.25, 0.3) is 0 Å². The Morgan fingerprint density at radius 2 is 1.77 bits per heavy atom. The third-order valence-corrected chi connectivity index (χ3v) is 6.52. The van der Waals surface area contributed by atoms with Crippen molar-refractivity contribution >= 4 is 5.78 Å². The van der Waals surface area contributed by atoms with E-state index < -0.39 is 11.7 Å². The number of carbonyl (C=O) groups is 1. The summed E-state index contributed by atoms with van der Waals surface area (Å²) in [4.78, 5) is 16.6. The molecule has 1 saturated heterocycles. The Morgan fingerprint density at radius 3 is 2.55 bits per heavy atom. The molecule has 0 saturated carbocycles. The van der Waals surface area contributed by atoms with Crippen molar-refractivity contribution in [3.05, 3.63) is 59.1 Å². The summed E-state index contributed by atoms with van der Waals surface area (Å²) in [6.07, 6.45) is 8.68. The number of hydrogen-bond acceptors (Lipinski definition) is 3. The summed E-state index contributed by atoms with van der Waals surface area (Å²) in [6.45, 7) is 5.56. The molecular weight excluding hydrogens is 403 g/mol. The Morgan fingerprint density at radius 1 is 1.00 bits per heavy atom. The van der Waals surface area contributed by atoms with E-state index in [1.54, 1.807) is 0 Å². The molecule has 7 heteroatoms. The second-order valence-corrected chi connectivity index (χ2v) is 8.56. The van der Waals surface area contributed by atoms with Gasteiger partial charge in [0, 0.05) is 68.7 Å².